The number of hydrogen-bond donors (Lipinski definition) is 2. The number of nitrogens with one attached hydrogen (secondary N) is 2. The van der Waals surface area contributed by atoms with Crippen LogP contribution in [0.5, 0.6) is 0 Å². The summed E-state index contributed by atoms with van der Waals surface area (Å²) in [6, 6.07) is 8.87. The van der Waals surface area contributed by atoms with Crippen LogP contribution >= 0.6 is 24.0 Å². The third-order valence-corrected chi connectivity index (χ3v) is 7.00. The van der Waals surface area contributed by atoms with Gasteiger partial charge in [-0.05, 0) is 44.2 Å². The monoisotopic (exact) mass is 545 g/mol. The molecule has 2 N–H and O–H groups in total. The van der Waals surface area contributed by atoms with Crippen LogP contribution in [0.3, 0.4) is 0 Å². The third kappa shape index (κ3) is 6.55. The van der Waals surface area contributed by atoms with Crippen molar-refractivity contribution in [2.24, 2.45) is 10.4 Å². The van der Waals surface area contributed by atoms with Gasteiger partial charge in [-0.25, -0.2) is 4.99 Å². The van der Waals surface area contributed by atoms with Crippen molar-refractivity contribution < 1.29 is 14.2 Å². The average Bonchev–Trinajstić information content (AvgIpc) is 2.76. The van der Waals surface area contributed by atoms with Crippen LogP contribution in [0, 0.1) is 5.41 Å². The van der Waals surface area contributed by atoms with Gasteiger partial charge in [-0.1, -0.05) is 38.1 Å². The van der Waals surface area contributed by atoms with Gasteiger partial charge in [0.25, 0.3) is 0 Å². The molecule has 31 heavy (non-hydrogen) atoms. The molecular formula is C24H40IN3O3. The van der Waals surface area contributed by atoms with Crippen LogP contribution in [0.2, 0.25) is 0 Å². The number of nitrogens with zero attached hydrogens (tertiary/aromatic N) is 1. The van der Waals surface area contributed by atoms with E-state index in [-0.39, 0.29) is 35.0 Å². The molecule has 0 radical (unpaired) electrons. The van der Waals surface area contributed by atoms with E-state index in [1.54, 1.807) is 7.11 Å². The molecule has 6 nitrogen and oxygen atoms in total. The predicted octanol–water partition coefficient (Wildman–Crippen LogP) is 4.26. The maximum absolute atomic E-state index is 6.06. The molecule has 0 amide bonds. The molecule has 7 heteroatoms. The SMILES string of the molecule is CCNC(=NCc1cccc(COC2CCOCC2)c1)NC1CC(C)(OC)C1(C)C.I. The van der Waals surface area contributed by atoms with Crippen molar-refractivity contribution in [2.75, 3.05) is 26.9 Å². The number of rotatable bonds is 8. The standard InChI is InChI=1S/C24H39N3O3.HI/c1-6-25-22(27-21-15-24(4,28-5)23(21,2)3)26-16-18-8-7-9-19(14-18)17-30-20-10-12-29-13-11-20;/h7-9,14,20-21H,6,10-13,15-17H2,1-5H3,(H2,25,26,27);1H. The van der Waals surface area contributed by atoms with Gasteiger partial charge in [-0.15, -0.1) is 24.0 Å². The molecule has 2 atom stereocenters. The molecule has 2 aliphatic rings. The quantitative estimate of drug-likeness (QED) is 0.291. The van der Waals surface area contributed by atoms with E-state index in [1.165, 1.54) is 11.1 Å². The Morgan fingerprint density at radius 3 is 2.55 bits per heavy atom. The number of benzene rings is 1. The second kappa shape index (κ2) is 11.8. The van der Waals surface area contributed by atoms with Crippen LogP contribution in [-0.2, 0) is 27.4 Å². The van der Waals surface area contributed by atoms with E-state index in [0.717, 1.165) is 45.0 Å². The fraction of sp³-hybridized carbons (Fsp3) is 0.708. The van der Waals surface area contributed by atoms with Crippen molar-refractivity contribution in [3.05, 3.63) is 35.4 Å². The molecule has 1 aliphatic carbocycles. The molecule has 1 saturated carbocycles. The highest BCUT2D eigenvalue weighted by Gasteiger charge is 2.58. The molecule has 2 fully saturated rings. The Balaban J connectivity index is 0.00000341. The third-order valence-electron chi connectivity index (χ3n) is 7.00. The number of hydrogen-bond acceptors (Lipinski definition) is 4. The second-order valence-electron chi connectivity index (χ2n) is 9.20. The number of aliphatic imine (C=N–C) groups is 1. The van der Waals surface area contributed by atoms with Gasteiger partial charge in [-0.2, -0.15) is 0 Å². The topological polar surface area (TPSA) is 64.1 Å². The van der Waals surface area contributed by atoms with Crippen LogP contribution in [-0.4, -0.2) is 50.6 Å². The summed E-state index contributed by atoms with van der Waals surface area (Å²) in [5, 5.41) is 6.99. The summed E-state index contributed by atoms with van der Waals surface area (Å²) in [7, 11) is 1.80. The largest absolute Gasteiger partial charge is 0.381 e. The highest BCUT2D eigenvalue weighted by atomic mass is 127. The maximum atomic E-state index is 6.06. The lowest BCUT2D eigenvalue weighted by Gasteiger charge is -2.59. The zero-order valence-electron chi connectivity index (χ0n) is 19.7. The molecular weight excluding hydrogens is 505 g/mol. The van der Waals surface area contributed by atoms with Crippen molar-refractivity contribution >= 4 is 29.9 Å². The van der Waals surface area contributed by atoms with Crippen LogP contribution in [0.1, 0.15) is 58.1 Å². The van der Waals surface area contributed by atoms with E-state index in [1.807, 2.05) is 0 Å². The van der Waals surface area contributed by atoms with E-state index < -0.39 is 0 Å². The first-order valence-electron chi connectivity index (χ1n) is 11.2. The number of ether oxygens (including phenoxy) is 3. The zero-order valence-corrected chi connectivity index (χ0v) is 22.0. The van der Waals surface area contributed by atoms with Gasteiger partial charge in [0.05, 0.1) is 24.9 Å². The molecule has 2 unspecified atom stereocenters. The van der Waals surface area contributed by atoms with Crippen molar-refractivity contribution in [1.29, 1.82) is 0 Å². The summed E-state index contributed by atoms with van der Waals surface area (Å²) in [5.41, 5.74) is 2.33. The number of methoxy groups -OCH3 is 1. The van der Waals surface area contributed by atoms with Gasteiger partial charge < -0.3 is 24.8 Å². The van der Waals surface area contributed by atoms with Gasteiger partial charge in [0.2, 0.25) is 0 Å². The molecule has 0 spiro atoms. The van der Waals surface area contributed by atoms with Crippen LogP contribution in [0.4, 0.5) is 0 Å². The Kier molecular flexibility index (Phi) is 10.0. The minimum Gasteiger partial charge on any atom is -0.381 e. The Morgan fingerprint density at radius 1 is 1.19 bits per heavy atom. The molecule has 0 bridgehead atoms. The molecule has 1 aromatic carbocycles. The van der Waals surface area contributed by atoms with Gasteiger partial charge in [-0.3, -0.25) is 0 Å². The molecule has 1 saturated heterocycles. The lowest BCUT2D eigenvalue weighted by atomic mass is 9.56. The maximum Gasteiger partial charge on any atom is 0.191 e. The number of guanidine groups is 1. The fourth-order valence-electron chi connectivity index (χ4n) is 4.25. The summed E-state index contributed by atoms with van der Waals surface area (Å²) in [5.74, 6) is 0.859. The Morgan fingerprint density at radius 2 is 1.90 bits per heavy atom. The lowest BCUT2D eigenvalue weighted by molar-refractivity contribution is -0.176. The molecule has 176 valence electrons. The lowest BCUT2D eigenvalue weighted by Crippen LogP contribution is -2.69. The van der Waals surface area contributed by atoms with Crippen LogP contribution in [0.25, 0.3) is 0 Å². The van der Waals surface area contributed by atoms with E-state index in [9.17, 15) is 0 Å². The van der Waals surface area contributed by atoms with Crippen LogP contribution < -0.4 is 10.6 Å². The average molecular weight is 546 g/mol. The normalized spacial score (nSPS) is 26.0. The van der Waals surface area contributed by atoms with Gasteiger partial charge >= 0.3 is 0 Å². The van der Waals surface area contributed by atoms with Crippen molar-refractivity contribution in [2.45, 2.75) is 77.9 Å². The van der Waals surface area contributed by atoms with E-state index >= 15 is 0 Å². The van der Waals surface area contributed by atoms with Gasteiger partial charge in [0, 0.05) is 38.3 Å². The first-order valence-corrected chi connectivity index (χ1v) is 11.2. The summed E-state index contributed by atoms with van der Waals surface area (Å²) < 4.78 is 17.2. The zero-order chi connectivity index (χ0) is 21.6. The summed E-state index contributed by atoms with van der Waals surface area (Å²) >= 11 is 0. The van der Waals surface area contributed by atoms with Crippen molar-refractivity contribution in [3.8, 4) is 0 Å². The minimum absolute atomic E-state index is 0. The Labute approximate surface area is 204 Å². The van der Waals surface area contributed by atoms with E-state index in [2.05, 4.69) is 62.6 Å². The Hall–Kier alpha value is -0.900. The highest BCUT2D eigenvalue weighted by Crippen LogP contribution is 2.51. The molecule has 1 aliphatic heterocycles. The molecule has 1 heterocycles. The summed E-state index contributed by atoms with van der Waals surface area (Å²) in [6.45, 7) is 12.5. The van der Waals surface area contributed by atoms with Gasteiger partial charge in [0.1, 0.15) is 0 Å². The smallest absolute Gasteiger partial charge is 0.191 e. The first kappa shape index (κ1) is 26.4. The fourth-order valence-corrected chi connectivity index (χ4v) is 4.25. The van der Waals surface area contributed by atoms with Gasteiger partial charge in [0.15, 0.2) is 5.96 Å². The number of halogens is 1. The Bertz CT molecular complexity index is 722. The van der Waals surface area contributed by atoms with E-state index in [4.69, 9.17) is 19.2 Å². The van der Waals surface area contributed by atoms with Crippen LogP contribution in [0.15, 0.2) is 29.3 Å². The predicted molar refractivity (Wildman–Crippen MR) is 136 cm³/mol. The molecule has 3 rings (SSSR count). The minimum atomic E-state index is -0.0964. The second-order valence-corrected chi connectivity index (χ2v) is 9.20. The summed E-state index contributed by atoms with van der Waals surface area (Å²) in [4.78, 5) is 4.83. The first-order chi connectivity index (χ1) is 14.4. The highest BCUT2D eigenvalue weighted by molar-refractivity contribution is 14.0. The van der Waals surface area contributed by atoms with Crippen molar-refractivity contribution in [1.82, 2.24) is 10.6 Å². The summed E-state index contributed by atoms with van der Waals surface area (Å²) in [6.07, 6.45) is 3.26. The van der Waals surface area contributed by atoms with Crippen molar-refractivity contribution in [3.63, 3.8) is 0 Å². The molecule has 0 aromatic heterocycles. The van der Waals surface area contributed by atoms with E-state index in [0.29, 0.717) is 25.3 Å². The molecule has 1 aromatic rings.